The van der Waals surface area contributed by atoms with E-state index in [-0.39, 0.29) is 24.8 Å². The number of rotatable bonds is 6. The number of hydrogen-bond donors (Lipinski definition) is 1. The topological polar surface area (TPSA) is 117 Å². The molecule has 0 saturated heterocycles. The van der Waals surface area contributed by atoms with Gasteiger partial charge in [0.2, 0.25) is 5.91 Å². The summed E-state index contributed by atoms with van der Waals surface area (Å²) in [4.78, 5) is 38.3. The van der Waals surface area contributed by atoms with Crippen LogP contribution in [-0.4, -0.2) is 28.3 Å². The van der Waals surface area contributed by atoms with Gasteiger partial charge in [-0.3, -0.25) is 4.79 Å². The van der Waals surface area contributed by atoms with E-state index in [2.05, 4.69) is 17.3 Å². The number of fused-ring (bicyclic) bond motifs is 1. The fourth-order valence-electron chi connectivity index (χ4n) is 3.47. The van der Waals surface area contributed by atoms with Gasteiger partial charge < -0.3 is 18.9 Å². The first-order valence-corrected chi connectivity index (χ1v) is 10.5. The highest BCUT2D eigenvalue weighted by Gasteiger charge is 2.29. The number of nitrogens with zero attached hydrogens (tertiary/aromatic N) is 2. The van der Waals surface area contributed by atoms with E-state index in [1.54, 1.807) is 19.1 Å². The third-order valence-electron chi connectivity index (χ3n) is 4.88. The third kappa shape index (κ3) is 3.95. The molecule has 10 heteroatoms. The highest BCUT2D eigenvalue weighted by molar-refractivity contribution is 7.17. The van der Waals surface area contributed by atoms with Crippen LogP contribution in [0.3, 0.4) is 0 Å². The van der Waals surface area contributed by atoms with Crippen LogP contribution in [0, 0.1) is 5.92 Å². The predicted octanol–water partition coefficient (Wildman–Crippen LogP) is 3.10. The van der Waals surface area contributed by atoms with E-state index in [0.717, 1.165) is 34.4 Å². The molecule has 1 atom stereocenters. The summed E-state index contributed by atoms with van der Waals surface area (Å²) in [5, 5.41) is 7.19. The molecule has 0 bridgehead atoms. The zero-order valence-electron chi connectivity index (χ0n) is 16.6. The number of nitrogens with one attached hydrogen (secondary N) is 1. The Morgan fingerprint density at radius 1 is 1.43 bits per heavy atom. The summed E-state index contributed by atoms with van der Waals surface area (Å²) in [6.07, 6.45) is 4.04. The summed E-state index contributed by atoms with van der Waals surface area (Å²) >= 11 is 1.39. The molecule has 9 nitrogen and oxygen atoms in total. The van der Waals surface area contributed by atoms with Crippen molar-refractivity contribution in [1.29, 1.82) is 0 Å². The van der Waals surface area contributed by atoms with Gasteiger partial charge in [-0.1, -0.05) is 6.92 Å². The minimum Gasteiger partial charge on any atom is -0.462 e. The number of amides is 1. The molecular weight excluding hydrogens is 410 g/mol. The van der Waals surface area contributed by atoms with Crippen LogP contribution in [0.15, 0.2) is 32.0 Å². The number of ether oxygens (including phenoxy) is 1. The molecule has 0 spiro atoms. The van der Waals surface area contributed by atoms with Crippen molar-refractivity contribution in [1.82, 2.24) is 9.78 Å². The largest absolute Gasteiger partial charge is 0.462 e. The number of esters is 1. The Hall–Kier alpha value is -3.14. The highest BCUT2D eigenvalue weighted by atomic mass is 32.1. The standard InChI is InChI=1S/C20H21N3O6S/c1-3-27-19(25)16-12-7-6-11(2)9-14(12)30-18(16)21-15(24)10-23-20(26)29-17(22-23)13-5-4-8-28-13/h4-5,8,11H,3,6-7,9-10H2,1-2H3,(H,21,24). The molecular formula is C20H21N3O6S. The summed E-state index contributed by atoms with van der Waals surface area (Å²) in [6, 6.07) is 3.23. The molecule has 3 aromatic rings. The number of aromatic nitrogens is 2. The van der Waals surface area contributed by atoms with Crippen molar-refractivity contribution >= 4 is 28.2 Å². The average molecular weight is 431 g/mol. The molecule has 0 radical (unpaired) electrons. The van der Waals surface area contributed by atoms with Crippen molar-refractivity contribution in [2.24, 2.45) is 5.92 Å². The van der Waals surface area contributed by atoms with E-state index in [0.29, 0.717) is 16.5 Å². The number of anilines is 1. The zero-order valence-corrected chi connectivity index (χ0v) is 17.4. The van der Waals surface area contributed by atoms with Crippen molar-refractivity contribution in [3.63, 3.8) is 0 Å². The second-order valence-corrected chi connectivity index (χ2v) is 8.24. The highest BCUT2D eigenvalue weighted by Crippen LogP contribution is 2.40. The normalized spacial score (nSPS) is 15.6. The first-order valence-electron chi connectivity index (χ1n) is 9.69. The lowest BCUT2D eigenvalue weighted by Crippen LogP contribution is -2.26. The van der Waals surface area contributed by atoms with Crippen molar-refractivity contribution in [3.8, 4) is 11.7 Å². The third-order valence-corrected chi connectivity index (χ3v) is 6.05. The molecule has 1 amide bonds. The van der Waals surface area contributed by atoms with Gasteiger partial charge >= 0.3 is 11.7 Å². The lowest BCUT2D eigenvalue weighted by molar-refractivity contribution is -0.117. The molecule has 0 fully saturated rings. The van der Waals surface area contributed by atoms with Crippen molar-refractivity contribution in [2.75, 3.05) is 11.9 Å². The molecule has 30 heavy (non-hydrogen) atoms. The van der Waals surface area contributed by atoms with E-state index in [1.165, 1.54) is 17.6 Å². The van der Waals surface area contributed by atoms with Gasteiger partial charge in [0.25, 0.3) is 5.89 Å². The van der Waals surface area contributed by atoms with Gasteiger partial charge in [-0.2, -0.15) is 4.68 Å². The molecule has 1 aliphatic carbocycles. The summed E-state index contributed by atoms with van der Waals surface area (Å²) in [7, 11) is 0. The second kappa shape index (κ2) is 8.31. The van der Waals surface area contributed by atoms with E-state index < -0.39 is 17.6 Å². The average Bonchev–Trinajstić information content (AvgIpc) is 3.41. The summed E-state index contributed by atoms with van der Waals surface area (Å²) in [5.74, 6) is -0.918. The van der Waals surface area contributed by atoms with Crippen molar-refractivity contribution < 1.29 is 23.2 Å². The van der Waals surface area contributed by atoms with Crippen LogP contribution >= 0.6 is 11.3 Å². The van der Waals surface area contributed by atoms with Crippen LogP contribution in [0.1, 0.15) is 41.1 Å². The maximum Gasteiger partial charge on any atom is 0.437 e. The van der Waals surface area contributed by atoms with Gasteiger partial charge in [-0.25, -0.2) is 9.59 Å². The van der Waals surface area contributed by atoms with E-state index in [9.17, 15) is 14.4 Å². The molecule has 3 aromatic heterocycles. The van der Waals surface area contributed by atoms with Gasteiger partial charge in [0.05, 0.1) is 18.4 Å². The smallest absolute Gasteiger partial charge is 0.437 e. The van der Waals surface area contributed by atoms with Crippen LogP contribution in [-0.2, 0) is 28.9 Å². The molecule has 1 N–H and O–H groups in total. The molecule has 1 unspecified atom stereocenters. The van der Waals surface area contributed by atoms with Crippen LogP contribution < -0.4 is 11.1 Å². The van der Waals surface area contributed by atoms with E-state index in [4.69, 9.17) is 13.6 Å². The minimum atomic E-state index is -0.776. The maximum absolute atomic E-state index is 12.6. The Kier molecular flexibility index (Phi) is 5.58. The van der Waals surface area contributed by atoms with Crippen LogP contribution in [0.2, 0.25) is 0 Å². The minimum absolute atomic E-state index is 0.00871. The number of carbonyl (C=O) groups is 2. The molecule has 3 heterocycles. The quantitative estimate of drug-likeness (QED) is 0.596. The van der Waals surface area contributed by atoms with Gasteiger partial charge in [0.1, 0.15) is 11.5 Å². The zero-order chi connectivity index (χ0) is 21.3. The Morgan fingerprint density at radius 3 is 3.00 bits per heavy atom. The molecule has 1 aliphatic rings. The number of carbonyl (C=O) groups excluding carboxylic acids is 2. The Bertz CT molecular complexity index is 1120. The summed E-state index contributed by atoms with van der Waals surface area (Å²) in [5.41, 5.74) is 1.37. The van der Waals surface area contributed by atoms with Gasteiger partial charge in [-0.05, 0) is 49.8 Å². The van der Waals surface area contributed by atoms with Crippen LogP contribution in [0.4, 0.5) is 5.00 Å². The lowest BCUT2D eigenvalue weighted by atomic mass is 9.88. The fourth-order valence-corrected chi connectivity index (χ4v) is 4.88. The van der Waals surface area contributed by atoms with E-state index in [1.807, 2.05) is 0 Å². The summed E-state index contributed by atoms with van der Waals surface area (Å²) in [6.45, 7) is 3.80. The molecule has 0 aromatic carbocycles. The molecule has 0 aliphatic heterocycles. The van der Waals surface area contributed by atoms with Gasteiger partial charge in [0.15, 0.2) is 5.76 Å². The van der Waals surface area contributed by atoms with Crippen molar-refractivity contribution in [3.05, 3.63) is 45.0 Å². The Labute approximate surface area is 175 Å². The number of furan rings is 1. The van der Waals surface area contributed by atoms with Crippen molar-refractivity contribution in [2.45, 2.75) is 39.7 Å². The van der Waals surface area contributed by atoms with E-state index >= 15 is 0 Å². The second-order valence-electron chi connectivity index (χ2n) is 7.13. The monoisotopic (exact) mass is 431 g/mol. The number of hydrogen-bond acceptors (Lipinski definition) is 8. The fraction of sp³-hybridized carbons (Fsp3) is 0.400. The predicted molar refractivity (Wildman–Crippen MR) is 109 cm³/mol. The lowest BCUT2D eigenvalue weighted by Gasteiger charge is -2.18. The molecule has 4 rings (SSSR count). The first-order chi connectivity index (χ1) is 14.5. The van der Waals surface area contributed by atoms with Gasteiger partial charge in [0, 0.05) is 4.88 Å². The molecule has 158 valence electrons. The van der Waals surface area contributed by atoms with Gasteiger partial charge in [-0.15, -0.1) is 16.4 Å². The number of thiophene rings is 1. The van der Waals surface area contributed by atoms with Crippen LogP contribution in [0.25, 0.3) is 11.7 Å². The van der Waals surface area contributed by atoms with Crippen LogP contribution in [0.5, 0.6) is 0 Å². The Morgan fingerprint density at radius 2 is 2.27 bits per heavy atom. The Balaban J connectivity index is 1.56. The summed E-state index contributed by atoms with van der Waals surface area (Å²) < 4.78 is 16.3. The first kappa shape index (κ1) is 20.1. The maximum atomic E-state index is 12.6. The SMILES string of the molecule is CCOC(=O)c1c(NC(=O)Cn2nc(-c3ccco3)oc2=O)sc2c1CCC(C)C2. The molecule has 0 saturated carbocycles.